The van der Waals surface area contributed by atoms with E-state index in [0.717, 1.165) is 24.4 Å². The zero-order chi connectivity index (χ0) is 9.97. The molecule has 1 aliphatic heterocycles. The van der Waals surface area contributed by atoms with Crippen molar-refractivity contribution in [3.8, 4) is 0 Å². The highest BCUT2D eigenvalue weighted by molar-refractivity contribution is 5.13. The second-order valence-electron chi connectivity index (χ2n) is 3.84. The Bertz CT molecular complexity index is 302. The monoisotopic (exact) mass is 195 g/mol. The normalized spacial score (nSPS) is 22.6. The van der Waals surface area contributed by atoms with Gasteiger partial charge in [0.1, 0.15) is 0 Å². The van der Waals surface area contributed by atoms with E-state index in [0.29, 0.717) is 6.04 Å². The fourth-order valence-electron chi connectivity index (χ4n) is 1.95. The molecule has 0 amide bonds. The fourth-order valence-corrected chi connectivity index (χ4v) is 1.95. The van der Waals surface area contributed by atoms with Gasteiger partial charge in [0.2, 0.25) is 0 Å². The summed E-state index contributed by atoms with van der Waals surface area (Å²) in [5.74, 6) is 0. The Kier molecular flexibility index (Phi) is 2.84. The summed E-state index contributed by atoms with van der Waals surface area (Å²) in [5.41, 5.74) is 1.95. The van der Waals surface area contributed by atoms with E-state index in [1.54, 1.807) is 4.68 Å². The molecular formula is C10H17N3O. The smallest absolute Gasteiger partial charge is 0.0849 e. The third-order valence-electron chi connectivity index (χ3n) is 2.82. The van der Waals surface area contributed by atoms with E-state index in [2.05, 4.69) is 10.4 Å². The van der Waals surface area contributed by atoms with Crippen LogP contribution in [0.15, 0.2) is 6.07 Å². The predicted octanol–water partition coefficient (Wildman–Crippen LogP) is 0.727. The lowest BCUT2D eigenvalue weighted by Crippen LogP contribution is -2.27. The zero-order valence-electron chi connectivity index (χ0n) is 8.53. The first-order valence-electron chi connectivity index (χ1n) is 5.18. The molecule has 4 heteroatoms. The molecule has 1 aliphatic rings. The predicted molar refractivity (Wildman–Crippen MR) is 53.7 cm³/mol. The van der Waals surface area contributed by atoms with Crippen molar-refractivity contribution in [2.24, 2.45) is 7.05 Å². The number of nitrogens with zero attached hydrogens (tertiary/aromatic N) is 2. The standard InChI is InChI=1S/C10H17N3O/c1-13-8(7-14)6-10(12-13)9-4-2-3-5-11-9/h6,9,11,14H,2-5,7H2,1H3. The average molecular weight is 195 g/mol. The molecule has 78 valence electrons. The van der Waals surface area contributed by atoms with Crippen LogP contribution >= 0.6 is 0 Å². The first-order chi connectivity index (χ1) is 6.81. The minimum atomic E-state index is 0.0657. The minimum absolute atomic E-state index is 0.0657. The number of hydrogen-bond acceptors (Lipinski definition) is 3. The van der Waals surface area contributed by atoms with Gasteiger partial charge in [-0.05, 0) is 25.5 Å². The summed E-state index contributed by atoms with van der Waals surface area (Å²) in [6.45, 7) is 1.14. The van der Waals surface area contributed by atoms with E-state index in [9.17, 15) is 0 Å². The Balaban J connectivity index is 2.14. The minimum Gasteiger partial charge on any atom is -0.390 e. The number of rotatable bonds is 2. The highest BCUT2D eigenvalue weighted by Crippen LogP contribution is 2.22. The van der Waals surface area contributed by atoms with Crippen molar-refractivity contribution >= 4 is 0 Å². The average Bonchev–Trinajstić information content (AvgIpc) is 2.61. The van der Waals surface area contributed by atoms with Crippen LogP contribution in [0.2, 0.25) is 0 Å². The molecule has 1 fully saturated rings. The summed E-state index contributed by atoms with van der Waals surface area (Å²) >= 11 is 0. The maximum atomic E-state index is 9.05. The van der Waals surface area contributed by atoms with Gasteiger partial charge in [-0.2, -0.15) is 5.10 Å². The molecular weight excluding hydrogens is 178 g/mol. The molecule has 2 heterocycles. The lowest BCUT2D eigenvalue weighted by molar-refractivity contribution is 0.270. The lowest BCUT2D eigenvalue weighted by atomic mass is 10.0. The van der Waals surface area contributed by atoms with E-state index in [4.69, 9.17) is 5.11 Å². The van der Waals surface area contributed by atoms with Crippen LogP contribution in [0.3, 0.4) is 0 Å². The van der Waals surface area contributed by atoms with Gasteiger partial charge in [0.05, 0.1) is 24.0 Å². The molecule has 1 aromatic rings. The number of aliphatic hydroxyl groups excluding tert-OH is 1. The zero-order valence-corrected chi connectivity index (χ0v) is 8.53. The van der Waals surface area contributed by atoms with Crippen LogP contribution in [-0.2, 0) is 13.7 Å². The number of piperidine rings is 1. The second kappa shape index (κ2) is 4.11. The molecule has 0 spiro atoms. The van der Waals surface area contributed by atoms with E-state index < -0.39 is 0 Å². The summed E-state index contributed by atoms with van der Waals surface area (Å²) in [4.78, 5) is 0. The maximum absolute atomic E-state index is 9.05. The number of aliphatic hydroxyl groups is 1. The largest absolute Gasteiger partial charge is 0.390 e. The van der Waals surface area contributed by atoms with Crippen molar-refractivity contribution in [2.75, 3.05) is 6.54 Å². The summed E-state index contributed by atoms with van der Waals surface area (Å²) < 4.78 is 1.76. The number of aryl methyl sites for hydroxylation is 1. The first kappa shape index (κ1) is 9.68. The Morgan fingerprint density at radius 1 is 1.64 bits per heavy atom. The summed E-state index contributed by atoms with van der Waals surface area (Å²) in [6, 6.07) is 2.37. The van der Waals surface area contributed by atoms with Crippen LogP contribution < -0.4 is 5.32 Å². The lowest BCUT2D eigenvalue weighted by Gasteiger charge is -2.21. The van der Waals surface area contributed by atoms with Crippen LogP contribution in [-0.4, -0.2) is 21.4 Å². The molecule has 1 atom stereocenters. The van der Waals surface area contributed by atoms with E-state index in [1.807, 2.05) is 13.1 Å². The SMILES string of the molecule is Cn1nc(C2CCCCN2)cc1CO. The second-order valence-corrected chi connectivity index (χ2v) is 3.84. The van der Waals surface area contributed by atoms with Gasteiger partial charge in [-0.15, -0.1) is 0 Å². The van der Waals surface area contributed by atoms with E-state index in [-0.39, 0.29) is 6.61 Å². The molecule has 14 heavy (non-hydrogen) atoms. The molecule has 0 radical (unpaired) electrons. The van der Waals surface area contributed by atoms with Crippen molar-refractivity contribution in [1.82, 2.24) is 15.1 Å². The molecule has 4 nitrogen and oxygen atoms in total. The van der Waals surface area contributed by atoms with E-state index in [1.165, 1.54) is 12.8 Å². The van der Waals surface area contributed by atoms with Gasteiger partial charge >= 0.3 is 0 Å². The fraction of sp³-hybridized carbons (Fsp3) is 0.700. The van der Waals surface area contributed by atoms with Gasteiger partial charge in [-0.1, -0.05) is 6.42 Å². The Labute approximate surface area is 83.9 Å². The third-order valence-corrected chi connectivity index (χ3v) is 2.82. The first-order valence-corrected chi connectivity index (χ1v) is 5.18. The highest BCUT2D eigenvalue weighted by atomic mass is 16.3. The molecule has 0 saturated carbocycles. The van der Waals surface area contributed by atoms with Gasteiger partial charge < -0.3 is 10.4 Å². The Morgan fingerprint density at radius 3 is 3.07 bits per heavy atom. The molecule has 1 aromatic heterocycles. The van der Waals surface area contributed by atoms with Crippen LogP contribution in [0.5, 0.6) is 0 Å². The van der Waals surface area contributed by atoms with Gasteiger partial charge in [0.25, 0.3) is 0 Å². The summed E-state index contributed by atoms with van der Waals surface area (Å²) in [7, 11) is 1.87. The van der Waals surface area contributed by atoms with Gasteiger partial charge in [-0.25, -0.2) is 0 Å². The van der Waals surface area contributed by atoms with Gasteiger partial charge in [-0.3, -0.25) is 4.68 Å². The van der Waals surface area contributed by atoms with Crippen molar-refractivity contribution in [2.45, 2.75) is 31.9 Å². The maximum Gasteiger partial charge on any atom is 0.0849 e. The highest BCUT2D eigenvalue weighted by Gasteiger charge is 2.18. The van der Waals surface area contributed by atoms with Crippen LogP contribution in [0, 0.1) is 0 Å². The topological polar surface area (TPSA) is 50.1 Å². The van der Waals surface area contributed by atoms with Crippen LogP contribution in [0.4, 0.5) is 0 Å². The van der Waals surface area contributed by atoms with Crippen molar-refractivity contribution < 1.29 is 5.11 Å². The quantitative estimate of drug-likeness (QED) is 0.731. The molecule has 0 bridgehead atoms. The Morgan fingerprint density at radius 2 is 2.50 bits per heavy atom. The Hall–Kier alpha value is -0.870. The van der Waals surface area contributed by atoms with Crippen molar-refractivity contribution in [3.63, 3.8) is 0 Å². The van der Waals surface area contributed by atoms with Crippen LogP contribution in [0.1, 0.15) is 36.7 Å². The molecule has 1 saturated heterocycles. The molecule has 1 unspecified atom stereocenters. The third kappa shape index (κ3) is 1.81. The van der Waals surface area contributed by atoms with E-state index >= 15 is 0 Å². The van der Waals surface area contributed by atoms with Crippen LogP contribution in [0.25, 0.3) is 0 Å². The summed E-state index contributed by atoms with van der Waals surface area (Å²) in [5, 5.41) is 16.9. The van der Waals surface area contributed by atoms with Crippen molar-refractivity contribution in [1.29, 1.82) is 0 Å². The van der Waals surface area contributed by atoms with Gasteiger partial charge in [0, 0.05) is 7.05 Å². The van der Waals surface area contributed by atoms with Gasteiger partial charge in [0.15, 0.2) is 0 Å². The molecule has 2 rings (SSSR count). The van der Waals surface area contributed by atoms with Crippen molar-refractivity contribution in [3.05, 3.63) is 17.5 Å². The summed E-state index contributed by atoms with van der Waals surface area (Å²) in [6.07, 6.45) is 3.68. The number of aromatic nitrogens is 2. The molecule has 0 aliphatic carbocycles. The molecule has 0 aromatic carbocycles. The number of hydrogen-bond donors (Lipinski definition) is 2. The molecule has 2 N–H and O–H groups in total. The number of nitrogens with one attached hydrogen (secondary N) is 1.